The molecule has 0 N–H and O–H groups in total. The van der Waals surface area contributed by atoms with Crippen molar-refractivity contribution in [1.82, 2.24) is 4.90 Å². The maximum absolute atomic E-state index is 5.09. The van der Waals surface area contributed by atoms with E-state index in [9.17, 15) is 0 Å². The normalized spacial score (nSPS) is 25.0. The van der Waals surface area contributed by atoms with Crippen molar-refractivity contribution in [3.05, 3.63) is 0 Å². The molecule has 1 aliphatic rings. The van der Waals surface area contributed by atoms with E-state index in [1.807, 2.05) is 0 Å². The van der Waals surface area contributed by atoms with Crippen molar-refractivity contribution in [3.63, 3.8) is 0 Å². The highest BCUT2D eigenvalue weighted by molar-refractivity contribution is 4.74. The summed E-state index contributed by atoms with van der Waals surface area (Å²) >= 11 is 0. The van der Waals surface area contributed by atoms with Gasteiger partial charge in [-0.25, -0.2) is 9.78 Å². The molecule has 0 saturated carbocycles. The van der Waals surface area contributed by atoms with Gasteiger partial charge in [-0.3, -0.25) is 0 Å². The zero-order valence-corrected chi connectivity index (χ0v) is 8.08. The Bertz CT molecular complexity index is 119. The van der Waals surface area contributed by atoms with Crippen molar-refractivity contribution in [2.45, 2.75) is 32.2 Å². The van der Waals surface area contributed by atoms with Gasteiger partial charge in [-0.2, -0.15) is 0 Å². The molecule has 1 unspecified atom stereocenters. The minimum atomic E-state index is 0.571. The lowest BCUT2D eigenvalue weighted by molar-refractivity contribution is -0.299. The average molecular weight is 173 g/mol. The first-order valence-corrected chi connectivity index (χ1v) is 4.79. The van der Waals surface area contributed by atoms with Crippen molar-refractivity contribution in [2.24, 2.45) is 0 Å². The lowest BCUT2D eigenvalue weighted by atomic mass is 10.2. The van der Waals surface area contributed by atoms with Crippen molar-refractivity contribution >= 4 is 0 Å². The lowest BCUT2D eigenvalue weighted by Gasteiger charge is -2.18. The molecule has 0 aromatic carbocycles. The number of hydrogen-bond donors (Lipinski definition) is 0. The molecule has 3 nitrogen and oxygen atoms in total. The summed E-state index contributed by atoms with van der Waals surface area (Å²) in [7, 11) is 2.14. The topological polar surface area (TPSA) is 21.7 Å². The summed E-state index contributed by atoms with van der Waals surface area (Å²) in [6.07, 6.45) is 3.55. The minimum absolute atomic E-state index is 0.571. The molecule has 3 heteroatoms. The predicted molar refractivity (Wildman–Crippen MR) is 47.8 cm³/mol. The molecule has 1 heterocycles. The van der Waals surface area contributed by atoms with Crippen molar-refractivity contribution < 1.29 is 9.78 Å². The Hall–Kier alpha value is -0.120. The smallest absolute Gasteiger partial charge is 0.0977 e. The average Bonchev–Trinajstić information content (AvgIpc) is 2.46. The van der Waals surface area contributed by atoms with Crippen LogP contribution in [0.1, 0.15) is 26.2 Å². The lowest BCUT2D eigenvalue weighted by Crippen LogP contribution is -2.29. The second kappa shape index (κ2) is 5.51. The van der Waals surface area contributed by atoms with Gasteiger partial charge < -0.3 is 4.90 Å². The third-order valence-corrected chi connectivity index (χ3v) is 2.30. The highest BCUT2D eigenvalue weighted by Crippen LogP contribution is 2.14. The Morgan fingerprint density at radius 3 is 2.83 bits per heavy atom. The Kier molecular flexibility index (Phi) is 4.58. The molecule has 1 saturated heterocycles. The zero-order valence-electron chi connectivity index (χ0n) is 8.08. The van der Waals surface area contributed by atoms with Gasteiger partial charge in [0.1, 0.15) is 0 Å². The van der Waals surface area contributed by atoms with Crippen LogP contribution in [-0.4, -0.2) is 37.7 Å². The second-order valence-corrected chi connectivity index (χ2v) is 3.38. The number of likely N-dealkylation sites (tertiary alicyclic amines) is 1. The molecular weight excluding hydrogens is 154 g/mol. The van der Waals surface area contributed by atoms with Crippen LogP contribution in [0.5, 0.6) is 0 Å². The fraction of sp³-hybridized carbons (Fsp3) is 1.00. The molecular formula is C9H19NO2. The Labute approximate surface area is 74.6 Å². The Morgan fingerprint density at radius 1 is 1.42 bits per heavy atom. The monoisotopic (exact) mass is 173 g/mol. The number of rotatable bonds is 5. The van der Waals surface area contributed by atoms with Crippen LogP contribution in [0.4, 0.5) is 0 Å². The minimum Gasteiger partial charge on any atom is -0.301 e. The molecule has 0 amide bonds. The van der Waals surface area contributed by atoms with Crippen LogP contribution in [0.25, 0.3) is 0 Å². The second-order valence-electron chi connectivity index (χ2n) is 3.38. The molecule has 0 spiro atoms. The van der Waals surface area contributed by atoms with Gasteiger partial charge in [-0.15, -0.1) is 0 Å². The van der Waals surface area contributed by atoms with Gasteiger partial charge in [0.25, 0.3) is 0 Å². The molecule has 0 bridgehead atoms. The van der Waals surface area contributed by atoms with Crippen LogP contribution in [0, 0.1) is 0 Å². The van der Waals surface area contributed by atoms with Crippen LogP contribution in [0.15, 0.2) is 0 Å². The molecule has 0 aromatic heterocycles. The summed E-state index contributed by atoms with van der Waals surface area (Å²) in [6.45, 7) is 4.69. The largest absolute Gasteiger partial charge is 0.301 e. The third-order valence-electron chi connectivity index (χ3n) is 2.30. The fourth-order valence-electron chi connectivity index (χ4n) is 1.46. The van der Waals surface area contributed by atoms with E-state index in [-0.39, 0.29) is 0 Å². The van der Waals surface area contributed by atoms with Crippen LogP contribution >= 0.6 is 0 Å². The molecule has 1 aliphatic heterocycles. The van der Waals surface area contributed by atoms with E-state index >= 15 is 0 Å². The van der Waals surface area contributed by atoms with Gasteiger partial charge in [0.15, 0.2) is 0 Å². The van der Waals surface area contributed by atoms with Gasteiger partial charge in [0.05, 0.1) is 13.2 Å². The van der Waals surface area contributed by atoms with Gasteiger partial charge in [-0.1, -0.05) is 6.92 Å². The maximum Gasteiger partial charge on any atom is 0.0977 e. The maximum atomic E-state index is 5.09. The van der Waals surface area contributed by atoms with Gasteiger partial charge in [0.2, 0.25) is 0 Å². The van der Waals surface area contributed by atoms with E-state index in [0.29, 0.717) is 12.6 Å². The summed E-state index contributed by atoms with van der Waals surface area (Å²) < 4.78 is 0. The van der Waals surface area contributed by atoms with Crippen molar-refractivity contribution in [3.8, 4) is 0 Å². The van der Waals surface area contributed by atoms with Crippen LogP contribution < -0.4 is 0 Å². The van der Waals surface area contributed by atoms with Crippen LogP contribution in [0.2, 0.25) is 0 Å². The van der Waals surface area contributed by atoms with Gasteiger partial charge in [-0.05, 0) is 32.9 Å². The summed E-state index contributed by atoms with van der Waals surface area (Å²) in [4.78, 5) is 12.4. The molecule has 0 radical (unpaired) electrons. The van der Waals surface area contributed by atoms with Crippen molar-refractivity contribution in [1.29, 1.82) is 0 Å². The van der Waals surface area contributed by atoms with E-state index < -0.39 is 0 Å². The van der Waals surface area contributed by atoms with Crippen molar-refractivity contribution in [2.75, 3.05) is 26.8 Å². The van der Waals surface area contributed by atoms with E-state index in [0.717, 1.165) is 13.0 Å². The Balaban J connectivity index is 1.98. The molecule has 0 aliphatic carbocycles. The highest BCUT2D eigenvalue weighted by atomic mass is 17.2. The number of hydrogen-bond acceptors (Lipinski definition) is 3. The Morgan fingerprint density at radius 2 is 2.25 bits per heavy atom. The molecule has 72 valence electrons. The van der Waals surface area contributed by atoms with Crippen LogP contribution in [-0.2, 0) is 9.78 Å². The predicted octanol–water partition coefficient (Wildman–Crippen LogP) is 1.44. The molecule has 1 fully saturated rings. The van der Waals surface area contributed by atoms with E-state index in [4.69, 9.17) is 9.78 Å². The highest BCUT2D eigenvalue weighted by Gasteiger charge is 2.20. The van der Waals surface area contributed by atoms with E-state index in [2.05, 4.69) is 18.9 Å². The van der Waals surface area contributed by atoms with Gasteiger partial charge in [0, 0.05) is 6.04 Å². The quantitative estimate of drug-likeness (QED) is 0.357. The molecule has 1 rings (SSSR count). The van der Waals surface area contributed by atoms with E-state index in [1.54, 1.807) is 0 Å². The standard InChI is InChI=1S/C9H19NO2/c1-3-7-11-12-8-9-5-4-6-10(9)2/h9H,3-8H2,1-2H3. The zero-order chi connectivity index (χ0) is 8.81. The summed E-state index contributed by atoms with van der Waals surface area (Å²) in [5, 5.41) is 0. The number of nitrogens with zero attached hydrogens (tertiary/aromatic N) is 1. The third kappa shape index (κ3) is 3.09. The summed E-state index contributed by atoms with van der Waals surface area (Å²) in [5.74, 6) is 0. The van der Waals surface area contributed by atoms with E-state index in [1.165, 1.54) is 19.4 Å². The first kappa shape index (κ1) is 9.96. The number of likely N-dealkylation sites (N-methyl/N-ethyl adjacent to an activating group) is 1. The fourth-order valence-corrected chi connectivity index (χ4v) is 1.46. The van der Waals surface area contributed by atoms with Crippen LogP contribution in [0.3, 0.4) is 0 Å². The molecule has 0 aromatic rings. The molecule has 12 heavy (non-hydrogen) atoms. The van der Waals surface area contributed by atoms with Gasteiger partial charge >= 0.3 is 0 Å². The molecule has 1 atom stereocenters. The first-order valence-electron chi connectivity index (χ1n) is 4.79. The SMILES string of the molecule is CCCOOCC1CCCN1C. The first-order chi connectivity index (χ1) is 5.84. The summed E-state index contributed by atoms with van der Waals surface area (Å²) in [5.41, 5.74) is 0. The summed E-state index contributed by atoms with van der Waals surface area (Å²) in [6, 6.07) is 0.571.